The Hall–Kier alpha value is -4.31. The van der Waals surface area contributed by atoms with Crippen molar-refractivity contribution in [1.29, 1.82) is 0 Å². The lowest BCUT2D eigenvalue weighted by Gasteiger charge is -2.12. The lowest BCUT2D eigenvalue weighted by atomic mass is 10.0. The van der Waals surface area contributed by atoms with E-state index < -0.39 is 5.97 Å². The van der Waals surface area contributed by atoms with Crippen LogP contribution < -0.4 is 9.47 Å². The van der Waals surface area contributed by atoms with Gasteiger partial charge in [-0.15, -0.1) is 10.2 Å². The third-order valence-electron chi connectivity index (χ3n) is 5.23. The summed E-state index contributed by atoms with van der Waals surface area (Å²) in [6, 6.07) is 22.4. The average molecular weight is 520 g/mol. The normalized spacial score (nSPS) is 11.2. The van der Waals surface area contributed by atoms with E-state index >= 15 is 0 Å². The number of thioether (sulfide) groups is 1. The Bertz CT molecular complexity index is 1370. The molecule has 3 aromatic carbocycles. The highest BCUT2D eigenvalue weighted by molar-refractivity contribution is 7.98. The molecule has 190 valence electrons. The number of oxime groups is 1. The Labute approximate surface area is 218 Å². The molecule has 0 saturated carbocycles. The number of methoxy groups -OCH3 is 2. The second-order valence-electron chi connectivity index (χ2n) is 7.60. The zero-order chi connectivity index (χ0) is 26.0. The summed E-state index contributed by atoms with van der Waals surface area (Å²) < 4.78 is 21.8. The quantitative estimate of drug-likeness (QED) is 0.115. The van der Waals surface area contributed by atoms with Crippen LogP contribution in [0.3, 0.4) is 0 Å². The minimum Gasteiger partial charge on any atom is -0.497 e. The Morgan fingerprint density at radius 1 is 0.946 bits per heavy atom. The zero-order valence-electron chi connectivity index (χ0n) is 20.5. The number of rotatable bonds is 11. The van der Waals surface area contributed by atoms with E-state index in [9.17, 15) is 4.79 Å². The molecule has 0 aliphatic carbocycles. The maximum Gasteiger partial charge on any atom is 0.360 e. The second kappa shape index (κ2) is 12.6. The number of hydrogen-bond acceptors (Lipinski definition) is 10. The van der Waals surface area contributed by atoms with Gasteiger partial charge in [-0.3, -0.25) is 0 Å². The summed E-state index contributed by atoms with van der Waals surface area (Å²) >= 11 is 1.46. The summed E-state index contributed by atoms with van der Waals surface area (Å²) in [4.78, 5) is 17.0. The van der Waals surface area contributed by atoms with Gasteiger partial charge in [0.2, 0.25) is 5.89 Å². The van der Waals surface area contributed by atoms with E-state index in [0.29, 0.717) is 28.2 Å². The third kappa shape index (κ3) is 6.68. The fourth-order valence-electron chi connectivity index (χ4n) is 3.41. The number of carbonyl (C=O) groups is 1. The van der Waals surface area contributed by atoms with E-state index in [1.54, 1.807) is 19.2 Å². The molecule has 0 aliphatic heterocycles. The minimum atomic E-state index is -0.598. The Morgan fingerprint density at radius 2 is 1.76 bits per heavy atom. The summed E-state index contributed by atoms with van der Waals surface area (Å²) in [5, 5.41) is 12.6. The van der Waals surface area contributed by atoms with Crippen LogP contribution in [-0.4, -0.2) is 43.2 Å². The van der Waals surface area contributed by atoms with E-state index in [1.807, 2.05) is 60.7 Å². The number of ether oxygens (including phenoxy) is 3. The largest absolute Gasteiger partial charge is 0.497 e. The fourth-order valence-corrected chi connectivity index (χ4v) is 4.11. The zero-order valence-corrected chi connectivity index (χ0v) is 21.4. The van der Waals surface area contributed by atoms with Gasteiger partial charge < -0.3 is 23.5 Å². The van der Waals surface area contributed by atoms with E-state index in [4.69, 9.17) is 23.5 Å². The summed E-state index contributed by atoms with van der Waals surface area (Å²) in [5.74, 6) is 1.94. The van der Waals surface area contributed by atoms with Gasteiger partial charge in [-0.2, -0.15) is 0 Å². The number of esters is 1. The lowest BCUT2D eigenvalue weighted by molar-refractivity contribution is -0.132. The van der Waals surface area contributed by atoms with Crippen LogP contribution in [0.5, 0.6) is 11.5 Å². The van der Waals surface area contributed by atoms with Crippen LogP contribution >= 0.6 is 11.8 Å². The molecule has 0 amide bonds. The molecule has 9 nitrogen and oxygen atoms in total. The lowest BCUT2D eigenvalue weighted by Crippen LogP contribution is -2.19. The average Bonchev–Trinajstić information content (AvgIpc) is 3.43. The van der Waals surface area contributed by atoms with Crippen molar-refractivity contribution in [3.05, 3.63) is 89.5 Å². The van der Waals surface area contributed by atoms with E-state index in [1.165, 1.54) is 26.0 Å². The van der Waals surface area contributed by atoms with Gasteiger partial charge in [0, 0.05) is 16.9 Å². The van der Waals surface area contributed by atoms with Crippen LogP contribution in [0, 0.1) is 0 Å². The van der Waals surface area contributed by atoms with Crippen molar-refractivity contribution in [2.75, 3.05) is 21.3 Å². The van der Waals surface area contributed by atoms with Gasteiger partial charge in [0.1, 0.15) is 25.2 Å². The van der Waals surface area contributed by atoms with Crippen molar-refractivity contribution in [1.82, 2.24) is 10.2 Å². The number of aromatic nitrogens is 2. The minimum absolute atomic E-state index is 0.0658. The van der Waals surface area contributed by atoms with Gasteiger partial charge in [0.25, 0.3) is 5.22 Å². The first-order chi connectivity index (χ1) is 18.1. The SMILES string of the molecule is CO/N=C(\C(=O)OC)c1ccccc1COc1ccc(-c2nnc(SCc3cccc(OC)c3)o2)cc1. The number of benzene rings is 3. The summed E-state index contributed by atoms with van der Waals surface area (Å²) in [7, 11) is 4.31. The highest BCUT2D eigenvalue weighted by atomic mass is 32.2. The van der Waals surface area contributed by atoms with Crippen LogP contribution in [0.4, 0.5) is 0 Å². The van der Waals surface area contributed by atoms with Crippen LogP contribution in [0.2, 0.25) is 0 Å². The Balaban J connectivity index is 1.39. The van der Waals surface area contributed by atoms with Gasteiger partial charge in [-0.1, -0.05) is 53.3 Å². The topological polar surface area (TPSA) is 105 Å². The molecule has 0 aliphatic rings. The highest BCUT2D eigenvalue weighted by Crippen LogP contribution is 2.28. The molecule has 37 heavy (non-hydrogen) atoms. The molecule has 10 heteroatoms. The standard InChI is InChI=1S/C27H25N3O6S/c1-32-22-9-6-7-18(15-22)17-37-27-29-28-25(36-27)19-11-13-21(14-12-19)35-16-20-8-4-5-10-23(20)24(30-34-3)26(31)33-2/h4-15H,16-17H2,1-3H3/b30-24-. The van der Waals surface area contributed by atoms with E-state index in [2.05, 4.69) is 15.4 Å². The van der Waals surface area contributed by atoms with Crippen molar-refractivity contribution in [2.24, 2.45) is 5.16 Å². The first-order valence-corrected chi connectivity index (χ1v) is 12.2. The molecule has 0 atom stereocenters. The summed E-state index contributed by atoms with van der Waals surface area (Å²) in [5.41, 5.74) is 3.25. The van der Waals surface area contributed by atoms with Gasteiger partial charge in [0.05, 0.1) is 14.2 Å². The smallest absolute Gasteiger partial charge is 0.360 e. The van der Waals surface area contributed by atoms with Crippen molar-refractivity contribution in [3.8, 4) is 23.0 Å². The summed E-state index contributed by atoms with van der Waals surface area (Å²) in [6.45, 7) is 0.209. The predicted molar refractivity (Wildman–Crippen MR) is 139 cm³/mol. The first-order valence-electron chi connectivity index (χ1n) is 11.2. The molecule has 0 unspecified atom stereocenters. The van der Waals surface area contributed by atoms with E-state index in [0.717, 1.165) is 22.4 Å². The monoisotopic (exact) mass is 519 g/mol. The number of hydrogen-bond donors (Lipinski definition) is 0. The number of nitrogens with zero attached hydrogens (tertiary/aromatic N) is 3. The van der Waals surface area contributed by atoms with Crippen LogP contribution in [0.1, 0.15) is 16.7 Å². The van der Waals surface area contributed by atoms with Gasteiger partial charge >= 0.3 is 5.97 Å². The molecule has 0 saturated heterocycles. The molecule has 0 bridgehead atoms. The van der Waals surface area contributed by atoms with Crippen molar-refractivity contribution in [2.45, 2.75) is 17.6 Å². The van der Waals surface area contributed by atoms with Crippen molar-refractivity contribution >= 4 is 23.4 Å². The molecule has 0 radical (unpaired) electrons. The predicted octanol–water partition coefficient (Wildman–Crippen LogP) is 5.14. The molecule has 4 aromatic rings. The second-order valence-corrected chi connectivity index (χ2v) is 8.52. The number of carbonyl (C=O) groups excluding carboxylic acids is 1. The van der Waals surface area contributed by atoms with Crippen LogP contribution in [0.25, 0.3) is 11.5 Å². The van der Waals surface area contributed by atoms with Gasteiger partial charge in [-0.05, 0) is 47.5 Å². The summed E-state index contributed by atoms with van der Waals surface area (Å²) in [6.07, 6.45) is 0. The molecule has 0 spiro atoms. The van der Waals surface area contributed by atoms with Gasteiger partial charge in [0.15, 0.2) is 5.71 Å². The molecule has 1 aromatic heterocycles. The molecular formula is C27H25N3O6S. The van der Waals surface area contributed by atoms with Crippen LogP contribution in [0.15, 0.2) is 87.6 Å². The van der Waals surface area contributed by atoms with Crippen LogP contribution in [-0.2, 0) is 26.7 Å². The van der Waals surface area contributed by atoms with Crippen molar-refractivity contribution < 1.29 is 28.3 Å². The van der Waals surface area contributed by atoms with E-state index in [-0.39, 0.29) is 12.3 Å². The van der Waals surface area contributed by atoms with Gasteiger partial charge in [-0.25, -0.2) is 4.79 Å². The van der Waals surface area contributed by atoms with Crippen molar-refractivity contribution in [3.63, 3.8) is 0 Å². The first kappa shape index (κ1) is 25.8. The Kier molecular flexibility index (Phi) is 8.77. The molecule has 0 fully saturated rings. The third-order valence-corrected chi connectivity index (χ3v) is 6.12. The molecule has 0 N–H and O–H groups in total. The molecule has 4 rings (SSSR count). The molecule has 1 heterocycles. The Morgan fingerprint density at radius 3 is 2.51 bits per heavy atom. The maximum absolute atomic E-state index is 12.1. The highest BCUT2D eigenvalue weighted by Gasteiger charge is 2.19. The maximum atomic E-state index is 12.1. The fraction of sp³-hybridized carbons (Fsp3) is 0.185. The molecular weight excluding hydrogens is 494 g/mol.